The maximum atomic E-state index is 13.1. The molecule has 12 heteroatoms. The number of carbonyl (C=O) groups excluding carboxylic acids is 1. The number of carbonyl (C=O) groups is 1. The van der Waals surface area contributed by atoms with Gasteiger partial charge in [0.25, 0.3) is 0 Å². The SMILES string of the molecule is CCCCCCCCCCCCCCCCCCCC(=O)OC(CS(=O)(=O)[O-])(C(F)(F)F)C(F)(F)F. The first-order valence-corrected chi connectivity index (χ1v) is 14.5. The fourth-order valence-electron chi connectivity index (χ4n) is 3.96. The van der Waals surface area contributed by atoms with E-state index in [0.717, 1.165) is 25.7 Å². The molecule has 216 valence electrons. The van der Waals surface area contributed by atoms with Crippen molar-refractivity contribution in [2.75, 3.05) is 5.75 Å². The van der Waals surface area contributed by atoms with Gasteiger partial charge in [0.15, 0.2) is 0 Å². The van der Waals surface area contributed by atoms with Crippen LogP contribution < -0.4 is 0 Å². The van der Waals surface area contributed by atoms with E-state index in [0.29, 0.717) is 12.8 Å². The number of rotatable bonds is 21. The highest BCUT2D eigenvalue weighted by Crippen LogP contribution is 2.47. The third-order valence-electron chi connectivity index (χ3n) is 6.07. The van der Waals surface area contributed by atoms with E-state index in [1.165, 1.54) is 64.2 Å². The molecule has 0 amide bonds. The minimum Gasteiger partial charge on any atom is -0.748 e. The first kappa shape index (κ1) is 35.0. The van der Waals surface area contributed by atoms with Crippen LogP contribution in [0.15, 0.2) is 0 Å². The first-order valence-electron chi connectivity index (χ1n) is 12.9. The van der Waals surface area contributed by atoms with E-state index in [1.807, 2.05) is 0 Å². The molecule has 0 radical (unpaired) electrons. The summed E-state index contributed by atoms with van der Waals surface area (Å²) in [6.07, 6.45) is 4.31. The molecule has 0 saturated heterocycles. The highest BCUT2D eigenvalue weighted by molar-refractivity contribution is 7.85. The molecule has 0 aromatic carbocycles. The van der Waals surface area contributed by atoms with Crippen LogP contribution in [0, 0.1) is 0 Å². The minimum absolute atomic E-state index is 0.00675. The molecule has 0 unspecified atom stereocenters. The lowest BCUT2D eigenvalue weighted by atomic mass is 10.0. The lowest BCUT2D eigenvalue weighted by molar-refractivity contribution is -0.361. The van der Waals surface area contributed by atoms with Gasteiger partial charge < -0.3 is 9.29 Å². The maximum absolute atomic E-state index is 13.1. The monoisotopic (exact) mass is 555 g/mol. The van der Waals surface area contributed by atoms with Crippen molar-refractivity contribution >= 4 is 16.1 Å². The fourth-order valence-corrected chi connectivity index (χ4v) is 4.84. The molecule has 0 aliphatic heterocycles. The van der Waals surface area contributed by atoms with E-state index in [1.54, 1.807) is 0 Å². The Labute approximate surface area is 211 Å². The predicted octanol–water partition coefficient (Wildman–Crippen LogP) is 7.98. The summed E-state index contributed by atoms with van der Waals surface area (Å²) in [4.78, 5) is 11.7. The van der Waals surface area contributed by atoms with Crippen LogP contribution in [-0.2, 0) is 19.6 Å². The highest BCUT2D eigenvalue weighted by Gasteiger charge is 2.75. The normalized spacial score (nSPS) is 13.2. The summed E-state index contributed by atoms with van der Waals surface area (Å²) in [6.45, 7) is 2.20. The van der Waals surface area contributed by atoms with Crippen molar-refractivity contribution in [3.8, 4) is 0 Å². The van der Waals surface area contributed by atoms with E-state index in [9.17, 15) is 44.1 Å². The minimum atomic E-state index is -6.33. The molecule has 0 aromatic rings. The van der Waals surface area contributed by atoms with Gasteiger partial charge >= 0.3 is 23.9 Å². The Morgan fingerprint density at radius 1 is 0.639 bits per heavy atom. The Hall–Kier alpha value is -1.04. The number of alkyl halides is 6. The second-order valence-corrected chi connectivity index (χ2v) is 10.8. The van der Waals surface area contributed by atoms with Gasteiger partial charge in [0, 0.05) is 6.42 Å². The van der Waals surface area contributed by atoms with Crippen molar-refractivity contribution in [2.45, 2.75) is 140 Å². The Morgan fingerprint density at radius 3 is 1.22 bits per heavy atom. The topological polar surface area (TPSA) is 83.5 Å². The summed E-state index contributed by atoms with van der Waals surface area (Å²) < 4.78 is 114. The van der Waals surface area contributed by atoms with Crippen molar-refractivity contribution < 1.29 is 48.8 Å². The number of hydrogen-bond acceptors (Lipinski definition) is 5. The fraction of sp³-hybridized carbons (Fsp3) is 0.958. The first-order chi connectivity index (χ1) is 16.7. The molecule has 0 aromatic heterocycles. The average Bonchev–Trinajstić information content (AvgIpc) is 2.73. The summed E-state index contributed by atoms with van der Waals surface area (Å²) in [7, 11) is -6.01. The summed E-state index contributed by atoms with van der Waals surface area (Å²) >= 11 is 0. The largest absolute Gasteiger partial charge is 0.748 e. The smallest absolute Gasteiger partial charge is 0.438 e. The van der Waals surface area contributed by atoms with Gasteiger partial charge in [-0.1, -0.05) is 110 Å². The summed E-state index contributed by atoms with van der Waals surface area (Å²) in [5.41, 5.74) is -5.38. The molecule has 0 aliphatic carbocycles. The van der Waals surface area contributed by atoms with Crippen LogP contribution in [0.4, 0.5) is 26.3 Å². The van der Waals surface area contributed by atoms with E-state index < -0.39 is 46.2 Å². The second kappa shape index (κ2) is 17.5. The molecule has 0 saturated carbocycles. The summed E-state index contributed by atoms with van der Waals surface area (Å²) in [5, 5.41) is 0. The third kappa shape index (κ3) is 15.3. The molecular weight excluding hydrogens is 514 g/mol. The molecule has 0 aliphatic rings. The van der Waals surface area contributed by atoms with Crippen LogP contribution in [0.25, 0.3) is 0 Å². The van der Waals surface area contributed by atoms with E-state index in [2.05, 4.69) is 11.7 Å². The summed E-state index contributed by atoms with van der Waals surface area (Å²) in [6, 6.07) is 0. The average molecular weight is 556 g/mol. The molecule has 0 atom stereocenters. The van der Waals surface area contributed by atoms with Crippen molar-refractivity contribution in [2.24, 2.45) is 0 Å². The van der Waals surface area contributed by atoms with Gasteiger partial charge in [-0.3, -0.25) is 4.79 Å². The van der Waals surface area contributed by atoms with E-state index in [4.69, 9.17) is 0 Å². The molecule has 0 bridgehead atoms. The molecule has 0 N–H and O–H groups in total. The Kier molecular flexibility index (Phi) is 17.0. The quantitative estimate of drug-likeness (QED) is 0.0621. The van der Waals surface area contributed by atoms with Crippen molar-refractivity contribution in [1.82, 2.24) is 0 Å². The molecule has 0 fully saturated rings. The zero-order valence-electron chi connectivity index (χ0n) is 21.2. The zero-order chi connectivity index (χ0) is 27.7. The van der Waals surface area contributed by atoms with Gasteiger partial charge in [0.05, 0.1) is 15.9 Å². The predicted molar refractivity (Wildman–Crippen MR) is 124 cm³/mol. The number of halogens is 6. The van der Waals surface area contributed by atoms with Crippen LogP contribution >= 0.6 is 0 Å². The molecule has 5 nitrogen and oxygen atoms in total. The van der Waals surface area contributed by atoms with Gasteiger partial charge in [0.1, 0.15) is 0 Å². The molecule has 36 heavy (non-hydrogen) atoms. The van der Waals surface area contributed by atoms with Gasteiger partial charge in [-0.15, -0.1) is 0 Å². The summed E-state index contributed by atoms with van der Waals surface area (Å²) in [5.74, 6) is -4.81. The maximum Gasteiger partial charge on any atom is 0.438 e. The molecule has 0 rings (SSSR count). The number of unbranched alkanes of at least 4 members (excludes halogenated alkanes) is 16. The van der Waals surface area contributed by atoms with Crippen molar-refractivity contribution in [1.29, 1.82) is 0 Å². The van der Waals surface area contributed by atoms with Crippen LogP contribution in [0.2, 0.25) is 0 Å². The Bertz CT molecular complexity index is 678. The third-order valence-corrected chi connectivity index (χ3v) is 6.83. The van der Waals surface area contributed by atoms with Crippen molar-refractivity contribution in [3.63, 3.8) is 0 Å². The molecule has 0 heterocycles. The highest BCUT2D eigenvalue weighted by atomic mass is 32.2. The Balaban J connectivity index is 4.05. The lowest BCUT2D eigenvalue weighted by Gasteiger charge is -2.36. The number of ether oxygens (including phenoxy) is 1. The van der Waals surface area contributed by atoms with Crippen LogP contribution in [0.1, 0.15) is 122 Å². The molecule has 0 spiro atoms. The van der Waals surface area contributed by atoms with E-state index in [-0.39, 0.29) is 6.42 Å². The van der Waals surface area contributed by atoms with E-state index >= 15 is 0 Å². The van der Waals surface area contributed by atoms with Gasteiger partial charge in [-0.2, -0.15) is 26.3 Å². The number of hydrogen-bond donors (Lipinski definition) is 0. The second-order valence-electron chi connectivity index (χ2n) is 9.41. The number of esters is 1. The van der Waals surface area contributed by atoms with Gasteiger partial charge in [0.2, 0.25) is 0 Å². The van der Waals surface area contributed by atoms with Gasteiger partial charge in [-0.05, 0) is 6.42 Å². The standard InChI is InChI=1S/C24H42F6O5S/c1-2-3-4-5-6-7-8-9-10-11-12-13-14-15-16-17-18-19-21(31)35-22(23(25,26)27,24(28,29)30)20-36(32,33)34/h2-20H2,1H3,(H,32,33,34)/p-1. The Morgan fingerprint density at radius 2 is 0.944 bits per heavy atom. The van der Waals surface area contributed by atoms with Crippen LogP contribution in [0.5, 0.6) is 0 Å². The zero-order valence-corrected chi connectivity index (χ0v) is 22.0. The van der Waals surface area contributed by atoms with Crippen molar-refractivity contribution in [3.05, 3.63) is 0 Å². The molecular formula is C24H41F6O5S-. The van der Waals surface area contributed by atoms with Crippen LogP contribution in [-0.4, -0.2) is 42.6 Å². The lowest BCUT2D eigenvalue weighted by Crippen LogP contribution is -2.63. The van der Waals surface area contributed by atoms with Crippen LogP contribution in [0.3, 0.4) is 0 Å². The van der Waals surface area contributed by atoms with Gasteiger partial charge in [-0.25, -0.2) is 8.42 Å².